The Morgan fingerprint density at radius 1 is 1.21 bits per heavy atom. The molecule has 0 bridgehead atoms. The fraction of sp³-hybridized carbons (Fsp3) is 0.176. The molecule has 0 saturated carbocycles. The van der Waals surface area contributed by atoms with Gasteiger partial charge in [-0.1, -0.05) is 12.1 Å². The summed E-state index contributed by atoms with van der Waals surface area (Å²) in [4.78, 5) is 16.2. The van der Waals surface area contributed by atoms with E-state index in [0.29, 0.717) is 35.3 Å². The van der Waals surface area contributed by atoms with Crippen molar-refractivity contribution in [3.05, 3.63) is 54.6 Å². The number of anilines is 1. The second-order valence-corrected chi connectivity index (χ2v) is 5.00. The lowest BCUT2D eigenvalue weighted by Crippen LogP contribution is -2.12. The summed E-state index contributed by atoms with van der Waals surface area (Å²) in [6.07, 6.45) is 2.25. The lowest BCUT2D eigenvalue weighted by molar-refractivity contribution is -0.116. The first-order valence-electron chi connectivity index (χ1n) is 7.42. The van der Waals surface area contributed by atoms with Crippen molar-refractivity contribution < 1.29 is 13.9 Å². The average Bonchev–Trinajstić information content (AvgIpc) is 3.10. The van der Waals surface area contributed by atoms with Crippen molar-refractivity contribution in [2.75, 3.05) is 12.4 Å². The summed E-state index contributed by atoms with van der Waals surface area (Å²) in [6.45, 7) is 0. The van der Waals surface area contributed by atoms with Gasteiger partial charge in [0.25, 0.3) is 5.89 Å². The SMILES string of the molecule is COc1cccc(NC(=O)CCc2nnc(-c3ccccn3)o2)c1. The van der Waals surface area contributed by atoms with Crippen LogP contribution in [0.5, 0.6) is 5.75 Å². The van der Waals surface area contributed by atoms with E-state index in [4.69, 9.17) is 9.15 Å². The molecular formula is C17H16N4O3. The number of ether oxygens (including phenoxy) is 1. The minimum atomic E-state index is -0.138. The predicted octanol–water partition coefficient (Wildman–Crippen LogP) is 2.71. The minimum absolute atomic E-state index is 0.138. The maximum Gasteiger partial charge on any atom is 0.266 e. The lowest BCUT2D eigenvalue weighted by Gasteiger charge is -2.06. The van der Waals surface area contributed by atoms with Gasteiger partial charge < -0.3 is 14.5 Å². The number of carbonyl (C=O) groups is 1. The number of benzene rings is 1. The Bertz CT molecular complexity index is 817. The molecule has 2 heterocycles. The number of rotatable bonds is 6. The first-order chi connectivity index (χ1) is 11.7. The van der Waals surface area contributed by atoms with E-state index in [9.17, 15) is 4.79 Å². The average molecular weight is 324 g/mol. The molecule has 2 aromatic heterocycles. The highest BCUT2D eigenvalue weighted by Gasteiger charge is 2.11. The molecule has 0 aliphatic rings. The Hall–Kier alpha value is -3.22. The summed E-state index contributed by atoms with van der Waals surface area (Å²) in [5.74, 6) is 1.29. The van der Waals surface area contributed by atoms with Crippen LogP contribution in [-0.2, 0) is 11.2 Å². The molecule has 0 atom stereocenters. The van der Waals surface area contributed by atoms with Crippen LogP contribution in [0, 0.1) is 0 Å². The van der Waals surface area contributed by atoms with Gasteiger partial charge in [0.2, 0.25) is 11.8 Å². The molecule has 1 amide bonds. The Kier molecular flexibility index (Phi) is 4.81. The molecule has 0 spiro atoms. The van der Waals surface area contributed by atoms with Crippen molar-refractivity contribution >= 4 is 11.6 Å². The number of hydrogen-bond acceptors (Lipinski definition) is 6. The zero-order valence-electron chi connectivity index (χ0n) is 13.1. The topological polar surface area (TPSA) is 90.1 Å². The lowest BCUT2D eigenvalue weighted by atomic mass is 10.2. The second kappa shape index (κ2) is 7.36. The van der Waals surface area contributed by atoms with Gasteiger partial charge in [-0.25, -0.2) is 0 Å². The van der Waals surface area contributed by atoms with E-state index in [1.807, 2.05) is 24.3 Å². The van der Waals surface area contributed by atoms with Crippen molar-refractivity contribution in [2.24, 2.45) is 0 Å². The number of pyridine rings is 1. The number of carbonyl (C=O) groups excluding carboxylic acids is 1. The number of aryl methyl sites for hydroxylation is 1. The van der Waals surface area contributed by atoms with Gasteiger partial charge in [-0.15, -0.1) is 10.2 Å². The third-order valence-corrected chi connectivity index (χ3v) is 3.27. The molecule has 122 valence electrons. The molecule has 24 heavy (non-hydrogen) atoms. The van der Waals surface area contributed by atoms with E-state index >= 15 is 0 Å². The largest absolute Gasteiger partial charge is 0.497 e. The minimum Gasteiger partial charge on any atom is -0.497 e. The normalized spacial score (nSPS) is 10.4. The van der Waals surface area contributed by atoms with Crippen LogP contribution in [0.25, 0.3) is 11.6 Å². The maximum atomic E-state index is 12.0. The van der Waals surface area contributed by atoms with Gasteiger partial charge >= 0.3 is 0 Å². The Morgan fingerprint density at radius 3 is 2.92 bits per heavy atom. The van der Waals surface area contributed by atoms with Crippen LogP contribution in [0.4, 0.5) is 5.69 Å². The van der Waals surface area contributed by atoms with Crippen LogP contribution in [0.1, 0.15) is 12.3 Å². The summed E-state index contributed by atoms with van der Waals surface area (Å²) in [7, 11) is 1.58. The highest BCUT2D eigenvalue weighted by atomic mass is 16.5. The number of aromatic nitrogens is 3. The predicted molar refractivity (Wildman–Crippen MR) is 87.5 cm³/mol. The first-order valence-corrected chi connectivity index (χ1v) is 7.42. The van der Waals surface area contributed by atoms with E-state index in [2.05, 4.69) is 20.5 Å². The molecule has 0 saturated heterocycles. The summed E-state index contributed by atoms with van der Waals surface area (Å²) in [5.41, 5.74) is 1.29. The highest BCUT2D eigenvalue weighted by Crippen LogP contribution is 2.18. The van der Waals surface area contributed by atoms with Gasteiger partial charge in [0, 0.05) is 30.8 Å². The number of hydrogen-bond donors (Lipinski definition) is 1. The maximum absolute atomic E-state index is 12.0. The number of methoxy groups -OCH3 is 1. The smallest absolute Gasteiger partial charge is 0.266 e. The molecule has 0 fully saturated rings. The molecule has 7 heteroatoms. The molecule has 3 rings (SSSR count). The quantitative estimate of drug-likeness (QED) is 0.750. The molecule has 0 unspecified atom stereocenters. The van der Waals surface area contributed by atoms with E-state index in [-0.39, 0.29) is 12.3 Å². The van der Waals surface area contributed by atoms with Crippen molar-refractivity contribution in [1.82, 2.24) is 15.2 Å². The van der Waals surface area contributed by atoms with Crippen LogP contribution in [0.15, 0.2) is 53.1 Å². The Labute approximate surface area is 138 Å². The summed E-state index contributed by atoms with van der Waals surface area (Å²) in [5, 5.41) is 10.7. The standard InChI is InChI=1S/C17H16N4O3/c1-23-13-6-4-5-12(11-13)19-15(22)8-9-16-20-21-17(24-16)14-7-2-3-10-18-14/h2-7,10-11H,8-9H2,1H3,(H,19,22). The van der Waals surface area contributed by atoms with Crippen LogP contribution < -0.4 is 10.1 Å². The molecule has 0 aliphatic carbocycles. The molecular weight excluding hydrogens is 308 g/mol. The zero-order chi connectivity index (χ0) is 16.8. The van der Waals surface area contributed by atoms with E-state index in [0.717, 1.165) is 0 Å². The van der Waals surface area contributed by atoms with Gasteiger partial charge in [0.15, 0.2) is 0 Å². The van der Waals surface area contributed by atoms with Crippen LogP contribution in [0.2, 0.25) is 0 Å². The summed E-state index contributed by atoms with van der Waals surface area (Å²) in [6, 6.07) is 12.6. The second-order valence-electron chi connectivity index (χ2n) is 5.00. The molecule has 0 aliphatic heterocycles. The molecule has 1 N–H and O–H groups in total. The van der Waals surface area contributed by atoms with Crippen LogP contribution in [0.3, 0.4) is 0 Å². The van der Waals surface area contributed by atoms with Crippen molar-refractivity contribution in [3.63, 3.8) is 0 Å². The Morgan fingerprint density at radius 2 is 2.12 bits per heavy atom. The Balaban J connectivity index is 1.56. The van der Waals surface area contributed by atoms with Gasteiger partial charge in [-0.3, -0.25) is 9.78 Å². The number of amides is 1. The monoisotopic (exact) mass is 324 g/mol. The zero-order valence-corrected chi connectivity index (χ0v) is 13.1. The van der Waals surface area contributed by atoms with Crippen molar-refractivity contribution in [3.8, 4) is 17.3 Å². The molecule has 0 radical (unpaired) electrons. The summed E-state index contributed by atoms with van der Waals surface area (Å²) < 4.78 is 10.6. The highest BCUT2D eigenvalue weighted by molar-refractivity contribution is 5.90. The molecule has 1 aromatic carbocycles. The van der Waals surface area contributed by atoms with E-state index in [1.54, 1.807) is 31.5 Å². The molecule has 3 aromatic rings. The summed E-state index contributed by atoms with van der Waals surface area (Å²) >= 11 is 0. The fourth-order valence-electron chi connectivity index (χ4n) is 2.09. The van der Waals surface area contributed by atoms with Gasteiger partial charge in [0.05, 0.1) is 7.11 Å². The van der Waals surface area contributed by atoms with Gasteiger partial charge in [0.1, 0.15) is 11.4 Å². The van der Waals surface area contributed by atoms with Gasteiger partial charge in [-0.2, -0.15) is 0 Å². The van der Waals surface area contributed by atoms with Crippen LogP contribution in [-0.4, -0.2) is 28.2 Å². The van der Waals surface area contributed by atoms with Crippen molar-refractivity contribution in [2.45, 2.75) is 12.8 Å². The molecule has 7 nitrogen and oxygen atoms in total. The third-order valence-electron chi connectivity index (χ3n) is 3.27. The van der Waals surface area contributed by atoms with E-state index in [1.165, 1.54) is 0 Å². The van der Waals surface area contributed by atoms with Gasteiger partial charge in [-0.05, 0) is 24.3 Å². The third kappa shape index (κ3) is 3.95. The van der Waals surface area contributed by atoms with E-state index < -0.39 is 0 Å². The van der Waals surface area contributed by atoms with Crippen LogP contribution >= 0.6 is 0 Å². The fourth-order valence-corrected chi connectivity index (χ4v) is 2.09. The number of nitrogens with zero attached hydrogens (tertiary/aromatic N) is 3. The van der Waals surface area contributed by atoms with Crippen molar-refractivity contribution in [1.29, 1.82) is 0 Å². The first kappa shape index (κ1) is 15.7. The number of nitrogens with one attached hydrogen (secondary N) is 1.